The number of nitrogen functional groups attached to an aromatic ring is 1. The van der Waals surface area contributed by atoms with E-state index in [1.165, 1.54) is 12.1 Å². The highest BCUT2D eigenvalue weighted by Crippen LogP contribution is 2.34. The van der Waals surface area contributed by atoms with Gasteiger partial charge >= 0.3 is 0 Å². The first-order valence-electron chi connectivity index (χ1n) is 6.51. The van der Waals surface area contributed by atoms with E-state index in [-0.39, 0.29) is 10.6 Å². The number of nitrogens with two attached hydrogens (primary N) is 1. The normalized spacial score (nSPS) is 12.2. The Bertz CT molecular complexity index is 567. The average Bonchev–Trinajstić information content (AvgIpc) is 2.71. The van der Waals surface area contributed by atoms with Crippen molar-refractivity contribution in [1.82, 2.24) is 9.55 Å². The molecule has 5 heteroatoms. The number of hydrogen-bond donors (Lipinski definition) is 1. The first kappa shape index (κ1) is 14.2. The molecule has 104 valence electrons. The lowest BCUT2D eigenvalue weighted by Crippen LogP contribution is -2.29. The summed E-state index contributed by atoms with van der Waals surface area (Å²) in [4.78, 5) is 4.25. The fourth-order valence-corrected chi connectivity index (χ4v) is 3.24. The van der Waals surface area contributed by atoms with Crippen LogP contribution in [-0.2, 0) is 6.54 Å². The standard InChI is InChI=1S/C14H20FN3S/c1-4-14(5-2,19-3)9-18-12-7-6-10(15)8-11(12)17-13(18)16/h6-8H,4-5,9H2,1-3H3,(H2,16,17). The smallest absolute Gasteiger partial charge is 0.201 e. The van der Waals surface area contributed by atoms with Crippen LogP contribution in [0.5, 0.6) is 0 Å². The summed E-state index contributed by atoms with van der Waals surface area (Å²) in [5.74, 6) is 0.181. The van der Waals surface area contributed by atoms with Crippen molar-refractivity contribution >= 4 is 28.7 Å². The molecule has 19 heavy (non-hydrogen) atoms. The van der Waals surface area contributed by atoms with E-state index in [4.69, 9.17) is 5.73 Å². The van der Waals surface area contributed by atoms with Crippen LogP contribution in [0.25, 0.3) is 11.0 Å². The highest BCUT2D eigenvalue weighted by molar-refractivity contribution is 8.00. The topological polar surface area (TPSA) is 43.8 Å². The van der Waals surface area contributed by atoms with Crippen LogP contribution in [0, 0.1) is 5.82 Å². The SMILES string of the molecule is CCC(CC)(Cn1c(N)nc2cc(F)ccc21)SC. The van der Waals surface area contributed by atoms with Gasteiger partial charge in [0.1, 0.15) is 5.82 Å². The van der Waals surface area contributed by atoms with E-state index in [2.05, 4.69) is 25.1 Å². The molecule has 2 N–H and O–H groups in total. The van der Waals surface area contributed by atoms with Crippen LogP contribution in [0.3, 0.4) is 0 Å². The number of benzene rings is 1. The van der Waals surface area contributed by atoms with Crippen molar-refractivity contribution in [3.63, 3.8) is 0 Å². The van der Waals surface area contributed by atoms with Gasteiger partial charge in [-0.2, -0.15) is 11.8 Å². The Morgan fingerprint density at radius 2 is 2.05 bits per heavy atom. The quantitative estimate of drug-likeness (QED) is 0.909. The Hall–Kier alpha value is -1.23. The second-order valence-electron chi connectivity index (χ2n) is 4.78. The maximum atomic E-state index is 13.2. The van der Waals surface area contributed by atoms with Crippen LogP contribution < -0.4 is 5.73 Å². The van der Waals surface area contributed by atoms with Crippen LogP contribution in [0.15, 0.2) is 18.2 Å². The van der Waals surface area contributed by atoms with Gasteiger partial charge in [0.05, 0.1) is 11.0 Å². The first-order chi connectivity index (χ1) is 9.05. The molecule has 0 spiro atoms. The summed E-state index contributed by atoms with van der Waals surface area (Å²) in [6, 6.07) is 4.64. The Morgan fingerprint density at radius 1 is 1.37 bits per heavy atom. The molecule has 0 aliphatic rings. The molecule has 1 aromatic heterocycles. The van der Waals surface area contributed by atoms with E-state index in [9.17, 15) is 4.39 Å². The number of fused-ring (bicyclic) bond motifs is 1. The molecule has 1 heterocycles. The molecule has 3 nitrogen and oxygen atoms in total. The highest BCUT2D eigenvalue weighted by Gasteiger charge is 2.27. The molecule has 0 fully saturated rings. The Balaban J connectivity index is 2.47. The fourth-order valence-electron chi connectivity index (χ4n) is 2.40. The number of aromatic nitrogens is 2. The van der Waals surface area contributed by atoms with Crippen LogP contribution in [0.4, 0.5) is 10.3 Å². The third-order valence-corrected chi connectivity index (χ3v) is 5.48. The van der Waals surface area contributed by atoms with Gasteiger partial charge in [0.2, 0.25) is 5.95 Å². The molecule has 0 saturated carbocycles. The monoisotopic (exact) mass is 281 g/mol. The molecule has 0 unspecified atom stereocenters. The van der Waals surface area contributed by atoms with E-state index < -0.39 is 0 Å². The van der Waals surface area contributed by atoms with Gasteiger partial charge in [0, 0.05) is 17.4 Å². The second kappa shape index (κ2) is 5.41. The minimum absolute atomic E-state index is 0.149. The van der Waals surface area contributed by atoms with Gasteiger partial charge in [-0.25, -0.2) is 9.37 Å². The number of nitrogens with zero attached hydrogens (tertiary/aromatic N) is 2. The lowest BCUT2D eigenvalue weighted by atomic mass is 10.0. The summed E-state index contributed by atoms with van der Waals surface area (Å²) < 4.78 is 15.4. The van der Waals surface area contributed by atoms with Gasteiger partial charge in [-0.1, -0.05) is 13.8 Å². The minimum atomic E-state index is -0.278. The minimum Gasteiger partial charge on any atom is -0.369 e. The zero-order valence-electron chi connectivity index (χ0n) is 11.6. The van der Waals surface area contributed by atoms with E-state index in [0.717, 1.165) is 24.9 Å². The van der Waals surface area contributed by atoms with E-state index in [0.29, 0.717) is 11.5 Å². The van der Waals surface area contributed by atoms with Crippen molar-refractivity contribution in [2.45, 2.75) is 38.0 Å². The molecule has 1 aromatic carbocycles. The number of thioether (sulfide) groups is 1. The maximum absolute atomic E-state index is 13.2. The number of imidazole rings is 1. The Labute approximate surface area is 117 Å². The molecular formula is C14H20FN3S. The molecule has 0 bridgehead atoms. The zero-order chi connectivity index (χ0) is 14.0. The van der Waals surface area contributed by atoms with E-state index >= 15 is 0 Å². The van der Waals surface area contributed by atoms with Crippen molar-refractivity contribution in [3.05, 3.63) is 24.0 Å². The summed E-state index contributed by atoms with van der Waals surface area (Å²) in [7, 11) is 0. The number of rotatable bonds is 5. The molecule has 0 radical (unpaired) electrons. The predicted octanol–water partition coefficient (Wildman–Crippen LogP) is 3.68. The summed E-state index contributed by atoms with van der Waals surface area (Å²) in [5.41, 5.74) is 7.52. The highest BCUT2D eigenvalue weighted by atomic mass is 32.2. The fraction of sp³-hybridized carbons (Fsp3) is 0.500. The van der Waals surface area contributed by atoms with Crippen LogP contribution in [0.2, 0.25) is 0 Å². The average molecular weight is 281 g/mol. The van der Waals surface area contributed by atoms with Gasteiger partial charge in [-0.05, 0) is 31.2 Å². The molecule has 0 saturated heterocycles. The third kappa shape index (κ3) is 2.56. The van der Waals surface area contributed by atoms with Crippen molar-refractivity contribution in [1.29, 1.82) is 0 Å². The third-order valence-electron chi connectivity index (χ3n) is 3.91. The van der Waals surface area contributed by atoms with Crippen LogP contribution in [-0.4, -0.2) is 20.6 Å². The number of halogens is 1. The molecule has 0 aliphatic heterocycles. The Kier molecular flexibility index (Phi) is 4.04. The molecule has 0 atom stereocenters. The van der Waals surface area contributed by atoms with Crippen LogP contribution >= 0.6 is 11.8 Å². The van der Waals surface area contributed by atoms with Gasteiger partial charge < -0.3 is 10.3 Å². The first-order valence-corrected chi connectivity index (χ1v) is 7.74. The molecule has 0 amide bonds. The molecule has 0 aliphatic carbocycles. The lowest BCUT2D eigenvalue weighted by molar-refractivity contribution is 0.476. The summed E-state index contributed by atoms with van der Waals surface area (Å²) in [6.07, 6.45) is 4.25. The van der Waals surface area contributed by atoms with Crippen molar-refractivity contribution in [3.8, 4) is 0 Å². The second-order valence-corrected chi connectivity index (χ2v) is 6.06. The molecular weight excluding hydrogens is 261 g/mol. The van der Waals surface area contributed by atoms with Gasteiger partial charge in [0.25, 0.3) is 0 Å². The van der Waals surface area contributed by atoms with Crippen molar-refractivity contribution in [2.75, 3.05) is 12.0 Å². The van der Waals surface area contributed by atoms with E-state index in [1.54, 1.807) is 6.07 Å². The summed E-state index contributed by atoms with van der Waals surface area (Å²) in [5, 5.41) is 0. The van der Waals surface area contributed by atoms with Gasteiger partial charge in [0.15, 0.2) is 0 Å². The van der Waals surface area contributed by atoms with Crippen LogP contribution in [0.1, 0.15) is 26.7 Å². The van der Waals surface area contributed by atoms with Gasteiger partial charge in [-0.3, -0.25) is 0 Å². The molecule has 2 rings (SSSR count). The summed E-state index contributed by atoms with van der Waals surface area (Å²) >= 11 is 1.86. The predicted molar refractivity (Wildman–Crippen MR) is 80.9 cm³/mol. The van der Waals surface area contributed by atoms with E-state index in [1.807, 2.05) is 16.3 Å². The lowest BCUT2D eigenvalue weighted by Gasteiger charge is -2.30. The van der Waals surface area contributed by atoms with Gasteiger partial charge in [-0.15, -0.1) is 0 Å². The van der Waals surface area contributed by atoms with Crippen molar-refractivity contribution in [2.24, 2.45) is 0 Å². The number of anilines is 1. The number of hydrogen-bond acceptors (Lipinski definition) is 3. The Morgan fingerprint density at radius 3 is 2.63 bits per heavy atom. The molecule has 2 aromatic rings. The summed E-state index contributed by atoms with van der Waals surface area (Å²) in [6.45, 7) is 5.18. The van der Waals surface area contributed by atoms with Crippen molar-refractivity contribution < 1.29 is 4.39 Å². The maximum Gasteiger partial charge on any atom is 0.201 e. The zero-order valence-corrected chi connectivity index (χ0v) is 12.4. The largest absolute Gasteiger partial charge is 0.369 e.